The summed E-state index contributed by atoms with van der Waals surface area (Å²) in [5.74, 6) is -0.00888. The zero-order valence-corrected chi connectivity index (χ0v) is 15.2. The number of benzene rings is 2. The Labute approximate surface area is 155 Å². The third-order valence-electron chi connectivity index (χ3n) is 3.82. The van der Waals surface area contributed by atoms with Crippen molar-refractivity contribution in [3.05, 3.63) is 70.1 Å². The Hall–Kier alpha value is -2.24. The van der Waals surface area contributed by atoms with E-state index in [0.717, 1.165) is 16.8 Å². The SMILES string of the molecule is Cc1ccc(NC(=O)CN2C(=O)CSC=C2c2ccccc2)cc1Cl. The molecule has 2 aromatic rings. The predicted octanol–water partition coefficient (Wildman–Crippen LogP) is 4.16. The summed E-state index contributed by atoms with van der Waals surface area (Å²) < 4.78 is 0. The molecule has 0 spiro atoms. The first-order chi connectivity index (χ1) is 12.0. The molecule has 0 fully saturated rings. The molecular weight excluding hydrogens is 356 g/mol. The summed E-state index contributed by atoms with van der Waals surface area (Å²) in [5.41, 5.74) is 3.22. The quantitative estimate of drug-likeness (QED) is 0.876. The fraction of sp³-hybridized carbons (Fsp3) is 0.158. The van der Waals surface area contributed by atoms with Crippen LogP contribution in [0, 0.1) is 6.92 Å². The van der Waals surface area contributed by atoms with Crippen LogP contribution in [0.4, 0.5) is 5.69 Å². The fourth-order valence-corrected chi connectivity index (χ4v) is 3.47. The number of nitrogens with zero attached hydrogens (tertiary/aromatic N) is 1. The minimum absolute atomic E-state index is 0.0361. The first kappa shape index (κ1) is 17.6. The maximum absolute atomic E-state index is 12.4. The van der Waals surface area contributed by atoms with Crippen LogP contribution < -0.4 is 5.32 Å². The van der Waals surface area contributed by atoms with E-state index in [1.54, 1.807) is 12.1 Å². The van der Waals surface area contributed by atoms with Gasteiger partial charge in [-0.25, -0.2) is 0 Å². The van der Waals surface area contributed by atoms with Gasteiger partial charge in [0, 0.05) is 10.7 Å². The van der Waals surface area contributed by atoms with Gasteiger partial charge in [-0.1, -0.05) is 48.0 Å². The number of halogens is 1. The van der Waals surface area contributed by atoms with E-state index in [1.165, 1.54) is 16.7 Å². The van der Waals surface area contributed by atoms with Crippen molar-refractivity contribution in [1.82, 2.24) is 4.90 Å². The normalized spacial score (nSPS) is 14.2. The van der Waals surface area contributed by atoms with Gasteiger partial charge in [-0.3, -0.25) is 9.59 Å². The Morgan fingerprint density at radius 1 is 1.24 bits per heavy atom. The van der Waals surface area contributed by atoms with Gasteiger partial charge in [0.15, 0.2) is 0 Å². The van der Waals surface area contributed by atoms with Gasteiger partial charge in [-0.15, -0.1) is 11.8 Å². The van der Waals surface area contributed by atoms with E-state index in [-0.39, 0.29) is 18.4 Å². The molecule has 0 bridgehead atoms. The van der Waals surface area contributed by atoms with Crippen LogP contribution in [0.5, 0.6) is 0 Å². The van der Waals surface area contributed by atoms with Gasteiger partial charge in [0.2, 0.25) is 11.8 Å². The van der Waals surface area contributed by atoms with Gasteiger partial charge in [-0.05, 0) is 35.6 Å². The van der Waals surface area contributed by atoms with Crippen LogP contribution in [0.1, 0.15) is 11.1 Å². The lowest BCUT2D eigenvalue weighted by molar-refractivity contribution is -0.129. The van der Waals surface area contributed by atoms with Crippen molar-refractivity contribution in [2.45, 2.75) is 6.92 Å². The van der Waals surface area contributed by atoms with E-state index in [4.69, 9.17) is 11.6 Å². The summed E-state index contributed by atoms with van der Waals surface area (Å²) in [6.07, 6.45) is 0. The maximum Gasteiger partial charge on any atom is 0.244 e. The van der Waals surface area contributed by atoms with Gasteiger partial charge in [0.1, 0.15) is 6.54 Å². The third kappa shape index (κ3) is 4.24. The second kappa shape index (κ2) is 7.76. The lowest BCUT2D eigenvalue weighted by atomic mass is 10.1. The number of carbonyl (C=O) groups excluding carboxylic acids is 2. The number of aryl methyl sites for hydroxylation is 1. The van der Waals surface area contributed by atoms with Crippen LogP contribution in [0.2, 0.25) is 5.02 Å². The predicted molar refractivity (Wildman–Crippen MR) is 103 cm³/mol. The number of rotatable bonds is 4. The van der Waals surface area contributed by atoms with Crippen LogP contribution >= 0.6 is 23.4 Å². The van der Waals surface area contributed by atoms with Gasteiger partial charge in [0.25, 0.3) is 0 Å². The van der Waals surface area contributed by atoms with E-state index >= 15 is 0 Å². The first-order valence-corrected chi connectivity index (χ1v) is 9.21. The van der Waals surface area contributed by atoms with Crippen molar-refractivity contribution in [3.63, 3.8) is 0 Å². The van der Waals surface area contributed by atoms with E-state index in [0.29, 0.717) is 16.5 Å². The molecule has 25 heavy (non-hydrogen) atoms. The molecule has 0 saturated heterocycles. The second-order valence-corrected chi connectivity index (χ2v) is 6.94. The number of carbonyl (C=O) groups is 2. The molecule has 0 aromatic heterocycles. The molecule has 2 amide bonds. The average molecular weight is 373 g/mol. The third-order valence-corrected chi connectivity index (χ3v) is 5.03. The first-order valence-electron chi connectivity index (χ1n) is 7.78. The molecule has 0 aliphatic carbocycles. The zero-order chi connectivity index (χ0) is 17.8. The van der Waals surface area contributed by atoms with Crippen LogP contribution in [-0.2, 0) is 9.59 Å². The number of amides is 2. The van der Waals surface area contributed by atoms with Crippen molar-refractivity contribution in [2.75, 3.05) is 17.6 Å². The number of nitrogens with one attached hydrogen (secondary N) is 1. The summed E-state index contributed by atoms with van der Waals surface area (Å²) in [5, 5.41) is 5.31. The highest BCUT2D eigenvalue weighted by Gasteiger charge is 2.25. The molecule has 0 radical (unpaired) electrons. The minimum Gasteiger partial charge on any atom is -0.324 e. The summed E-state index contributed by atoms with van der Waals surface area (Å²) >= 11 is 7.53. The second-order valence-electron chi connectivity index (χ2n) is 5.67. The maximum atomic E-state index is 12.4. The molecule has 0 saturated carbocycles. The molecule has 2 aromatic carbocycles. The van der Waals surface area contributed by atoms with Crippen LogP contribution in [0.15, 0.2) is 53.9 Å². The zero-order valence-electron chi connectivity index (χ0n) is 13.7. The molecule has 0 atom stereocenters. The van der Waals surface area contributed by atoms with Crippen LogP contribution in [0.25, 0.3) is 5.70 Å². The Morgan fingerprint density at radius 3 is 2.72 bits per heavy atom. The van der Waals surface area contributed by atoms with Crippen molar-refractivity contribution < 1.29 is 9.59 Å². The van der Waals surface area contributed by atoms with Gasteiger partial charge in [0.05, 0.1) is 11.4 Å². The highest BCUT2D eigenvalue weighted by atomic mass is 35.5. The molecule has 3 rings (SSSR count). The van der Waals surface area contributed by atoms with E-state index in [9.17, 15) is 9.59 Å². The molecule has 6 heteroatoms. The fourth-order valence-electron chi connectivity index (χ4n) is 2.49. The molecular formula is C19H17ClN2O2S. The largest absolute Gasteiger partial charge is 0.324 e. The smallest absolute Gasteiger partial charge is 0.244 e. The molecule has 1 N–H and O–H groups in total. The van der Waals surface area contributed by atoms with Crippen LogP contribution in [-0.4, -0.2) is 29.0 Å². The van der Waals surface area contributed by atoms with Gasteiger partial charge >= 0.3 is 0 Å². The summed E-state index contributed by atoms with van der Waals surface area (Å²) in [6, 6.07) is 14.9. The van der Waals surface area contributed by atoms with Crippen molar-refractivity contribution in [2.24, 2.45) is 0 Å². The highest BCUT2D eigenvalue weighted by Crippen LogP contribution is 2.28. The van der Waals surface area contributed by atoms with Crippen molar-refractivity contribution in [3.8, 4) is 0 Å². The van der Waals surface area contributed by atoms with E-state index < -0.39 is 0 Å². The molecule has 1 aliphatic rings. The Kier molecular flexibility index (Phi) is 5.46. The minimum atomic E-state index is -0.262. The monoisotopic (exact) mass is 372 g/mol. The summed E-state index contributed by atoms with van der Waals surface area (Å²) in [7, 11) is 0. The van der Waals surface area contributed by atoms with Crippen molar-refractivity contribution >= 4 is 46.6 Å². The highest BCUT2D eigenvalue weighted by molar-refractivity contribution is 8.03. The van der Waals surface area contributed by atoms with Gasteiger partial charge in [-0.2, -0.15) is 0 Å². The molecule has 4 nitrogen and oxygen atoms in total. The number of hydrogen-bond donors (Lipinski definition) is 1. The lowest BCUT2D eigenvalue weighted by Crippen LogP contribution is -2.39. The van der Waals surface area contributed by atoms with E-state index in [2.05, 4.69) is 5.32 Å². The molecule has 1 aliphatic heterocycles. The van der Waals surface area contributed by atoms with Crippen LogP contribution in [0.3, 0.4) is 0 Å². The topological polar surface area (TPSA) is 49.4 Å². The van der Waals surface area contributed by atoms with Gasteiger partial charge < -0.3 is 10.2 Å². The molecule has 0 unspecified atom stereocenters. The molecule has 1 heterocycles. The summed E-state index contributed by atoms with van der Waals surface area (Å²) in [6.45, 7) is 1.86. The molecule has 128 valence electrons. The summed E-state index contributed by atoms with van der Waals surface area (Å²) in [4.78, 5) is 26.3. The van der Waals surface area contributed by atoms with E-state index in [1.807, 2.05) is 48.7 Å². The average Bonchev–Trinajstić information content (AvgIpc) is 2.61. The number of thioether (sulfide) groups is 1. The number of anilines is 1. The standard InChI is InChI=1S/C19H17ClN2O2S/c1-13-7-8-15(9-16(13)20)21-18(23)10-22-17(11-25-12-19(22)24)14-5-3-2-4-6-14/h2-9,11H,10,12H2,1H3,(H,21,23). The number of hydrogen-bond acceptors (Lipinski definition) is 3. The lowest BCUT2D eigenvalue weighted by Gasteiger charge is -2.28. The van der Waals surface area contributed by atoms with Crippen molar-refractivity contribution in [1.29, 1.82) is 0 Å². The Bertz CT molecular complexity index is 837. The Morgan fingerprint density at radius 2 is 2.00 bits per heavy atom. The Balaban J connectivity index is 1.75.